The van der Waals surface area contributed by atoms with Gasteiger partial charge >= 0.3 is 0 Å². The summed E-state index contributed by atoms with van der Waals surface area (Å²) in [5, 5.41) is 3.60. The lowest BCUT2D eigenvalue weighted by Crippen LogP contribution is -2.45. The number of nitrogens with zero attached hydrogens (tertiary/aromatic N) is 1. The van der Waals surface area contributed by atoms with Crippen LogP contribution in [-0.2, 0) is 0 Å². The highest BCUT2D eigenvalue weighted by molar-refractivity contribution is 7.98. The summed E-state index contributed by atoms with van der Waals surface area (Å²) in [7, 11) is 2.25. The summed E-state index contributed by atoms with van der Waals surface area (Å²) in [6.07, 6.45) is 6.31. The zero-order valence-corrected chi connectivity index (χ0v) is 10.6. The molecule has 0 spiro atoms. The summed E-state index contributed by atoms with van der Waals surface area (Å²) in [4.78, 5) is 2.49. The van der Waals surface area contributed by atoms with E-state index in [0.29, 0.717) is 6.04 Å². The Hall–Kier alpha value is 0.270. The van der Waals surface area contributed by atoms with Gasteiger partial charge in [-0.05, 0) is 39.6 Å². The third-order valence-electron chi connectivity index (χ3n) is 3.08. The van der Waals surface area contributed by atoms with E-state index >= 15 is 0 Å². The van der Waals surface area contributed by atoms with Crippen molar-refractivity contribution in [3.63, 3.8) is 0 Å². The molecule has 0 radical (unpaired) electrons. The number of likely N-dealkylation sites (N-methyl/N-ethyl adjacent to an activating group) is 1. The Morgan fingerprint density at radius 2 is 2.29 bits per heavy atom. The highest BCUT2D eigenvalue weighted by Gasteiger charge is 2.16. The van der Waals surface area contributed by atoms with Crippen LogP contribution in [0.15, 0.2) is 0 Å². The number of nitrogens with one attached hydrogen (secondary N) is 1. The highest BCUT2D eigenvalue weighted by atomic mass is 32.2. The summed E-state index contributed by atoms with van der Waals surface area (Å²) in [5.41, 5.74) is 0. The molecule has 1 aliphatic heterocycles. The van der Waals surface area contributed by atoms with Crippen LogP contribution >= 0.6 is 11.8 Å². The first-order valence-electron chi connectivity index (χ1n) is 5.66. The molecule has 0 saturated carbocycles. The molecule has 0 bridgehead atoms. The van der Waals surface area contributed by atoms with E-state index in [2.05, 4.69) is 30.4 Å². The fourth-order valence-electron chi connectivity index (χ4n) is 1.98. The second-order valence-corrected chi connectivity index (χ2v) is 5.30. The molecule has 3 heteroatoms. The van der Waals surface area contributed by atoms with Crippen molar-refractivity contribution in [2.45, 2.75) is 38.3 Å². The molecule has 1 fully saturated rings. The van der Waals surface area contributed by atoms with Crippen LogP contribution in [0.3, 0.4) is 0 Å². The van der Waals surface area contributed by atoms with Crippen molar-refractivity contribution in [2.24, 2.45) is 0 Å². The van der Waals surface area contributed by atoms with E-state index in [4.69, 9.17) is 0 Å². The molecule has 84 valence electrons. The molecule has 2 atom stereocenters. The second-order valence-electron chi connectivity index (χ2n) is 4.39. The van der Waals surface area contributed by atoms with Gasteiger partial charge in [0.05, 0.1) is 0 Å². The zero-order chi connectivity index (χ0) is 10.4. The Bertz CT molecular complexity index is 146. The van der Waals surface area contributed by atoms with E-state index in [0.717, 1.165) is 6.04 Å². The summed E-state index contributed by atoms with van der Waals surface area (Å²) in [6.45, 7) is 4.75. The molecule has 1 saturated heterocycles. The normalized spacial score (nSPS) is 25.3. The van der Waals surface area contributed by atoms with Crippen molar-refractivity contribution >= 4 is 11.8 Å². The van der Waals surface area contributed by atoms with Gasteiger partial charge in [-0.15, -0.1) is 0 Å². The molecule has 1 N–H and O–H groups in total. The minimum Gasteiger partial charge on any atom is -0.313 e. The summed E-state index contributed by atoms with van der Waals surface area (Å²) >= 11 is 1.94. The number of rotatable bonds is 5. The van der Waals surface area contributed by atoms with E-state index < -0.39 is 0 Å². The van der Waals surface area contributed by atoms with Gasteiger partial charge in [-0.2, -0.15) is 11.8 Å². The van der Waals surface area contributed by atoms with Gasteiger partial charge in [0.2, 0.25) is 0 Å². The Balaban J connectivity index is 2.20. The average Bonchev–Trinajstić information content (AvgIpc) is 2.19. The predicted molar refractivity (Wildman–Crippen MR) is 66.1 cm³/mol. The maximum Gasteiger partial charge on any atom is 0.0195 e. The third-order valence-corrected chi connectivity index (χ3v) is 3.90. The maximum atomic E-state index is 3.60. The SMILES string of the molecule is CSCC(C)N(C)CC1CCCCN1. The molecular formula is C11H24N2S. The quantitative estimate of drug-likeness (QED) is 0.754. The number of piperidine rings is 1. The molecule has 0 aromatic heterocycles. The van der Waals surface area contributed by atoms with Gasteiger partial charge in [-0.3, -0.25) is 0 Å². The lowest BCUT2D eigenvalue weighted by molar-refractivity contribution is 0.226. The van der Waals surface area contributed by atoms with E-state index in [-0.39, 0.29) is 0 Å². The van der Waals surface area contributed by atoms with Crippen LogP contribution in [0.1, 0.15) is 26.2 Å². The van der Waals surface area contributed by atoms with Crippen molar-refractivity contribution in [2.75, 3.05) is 32.1 Å². The van der Waals surface area contributed by atoms with Crippen molar-refractivity contribution in [3.8, 4) is 0 Å². The van der Waals surface area contributed by atoms with Crippen LogP contribution in [0.2, 0.25) is 0 Å². The van der Waals surface area contributed by atoms with Gasteiger partial charge in [-0.1, -0.05) is 6.42 Å². The van der Waals surface area contributed by atoms with Crippen LogP contribution in [0.4, 0.5) is 0 Å². The molecule has 0 aliphatic carbocycles. The number of hydrogen-bond acceptors (Lipinski definition) is 3. The molecule has 0 aromatic carbocycles. The van der Waals surface area contributed by atoms with Gasteiger partial charge < -0.3 is 10.2 Å². The van der Waals surface area contributed by atoms with Crippen molar-refractivity contribution in [1.29, 1.82) is 0 Å². The van der Waals surface area contributed by atoms with Crippen molar-refractivity contribution in [3.05, 3.63) is 0 Å². The first-order valence-corrected chi connectivity index (χ1v) is 7.06. The average molecular weight is 216 g/mol. The summed E-state index contributed by atoms with van der Waals surface area (Å²) < 4.78 is 0. The monoisotopic (exact) mass is 216 g/mol. The first kappa shape index (κ1) is 12.3. The van der Waals surface area contributed by atoms with Gasteiger partial charge in [-0.25, -0.2) is 0 Å². The van der Waals surface area contributed by atoms with Crippen molar-refractivity contribution < 1.29 is 0 Å². The summed E-state index contributed by atoms with van der Waals surface area (Å²) in [5.74, 6) is 1.24. The van der Waals surface area contributed by atoms with Crippen LogP contribution in [0.25, 0.3) is 0 Å². The highest BCUT2D eigenvalue weighted by Crippen LogP contribution is 2.10. The van der Waals surface area contributed by atoms with Crippen LogP contribution in [-0.4, -0.2) is 49.1 Å². The van der Waals surface area contributed by atoms with Gasteiger partial charge in [0.15, 0.2) is 0 Å². The molecule has 1 heterocycles. The first-order chi connectivity index (χ1) is 6.74. The van der Waals surface area contributed by atoms with Gasteiger partial charge in [0, 0.05) is 24.4 Å². The minimum absolute atomic E-state index is 0.703. The fourth-order valence-corrected chi connectivity index (χ4v) is 2.71. The lowest BCUT2D eigenvalue weighted by Gasteiger charge is -2.31. The Morgan fingerprint density at radius 1 is 1.50 bits per heavy atom. The molecule has 1 rings (SSSR count). The Labute approximate surface area is 92.8 Å². The maximum absolute atomic E-state index is 3.60. The van der Waals surface area contributed by atoms with E-state index in [1.807, 2.05) is 11.8 Å². The van der Waals surface area contributed by atoms with E-state index in [1.165, 1.54) is 38.1 Å². The number of hydrogen-bond donors (Lipinski definition) is 1. The molecule has 2 unspecified atom stereocenters. The van der Waals surface area contributed by atoms with E-state index in [1.54, 1.807) is 0 Å². The predicted octanol–water partition coefficient (Wildman–Crippen LogP) is 1.81. The van der Waals surface area contributed by atoms with Crippen molar-refractivity contribution in [1.82, 2.24) is 10.2 Å². The molecule has 1 aliphatic rings. The fraction of sp³-hybridized carbons (Fsp3) is 1.00. The number of thioether (sulfide) groups is 1. The molecule has 0 amide bonds. The largest absolute Gasteiger partial charge is 0.313 e. The van der Waals surface area contributed by atoms with E-state index in [9.17, 15) is 0 Å². The van der Waals surface area contributed by atoms with Crippen LogP contribution in [0.5, 0.6) is 0 Å². The second kappa shape index (κ2) is 6.70. The third kappa shape index (κ3) is 4.20. The van der Waals surface area contributed by atoms with Crippen LogP contribution < -0.4 is 5.32 Å². The zero-order valence-electron chi connectivity index (χ0n) is 9.75. The smallest absolute Gasteiger partial charge is 0.0195 e. The standard InChI is InChI=1S/C11H24N2S/c1-10(9-14-3)13(2)8-11-6-4-5-7-12-11/h10-12H,4-9H2,1-3H3. The minimum atomic E-state index is 0.703. The Morgan fingerprint density at radius 3 is 2.86 bits per heavy atom. The van der Waals surface area contributed by atoms with Gasteiger partial charge in [0.25, 0.3) is 0 Å². The van der Waals surface area contributed by atoms with Crippen LogP contribution in [0, 0.1) is 0 Å². The molecular weight excluding hydrogens is 192 g/mol. The molecule has 2 nitrogen and oxygen atoms in total. The van der Waals surface area contributed by atoms with Gasteiger partial charge in [0.1, 0.15) is 0 Å². The lowest BCUT2D eigenvalue weighted by atomic mass is 10.0. The molecule has 14 heavy (non-hydrogen) atoms. The Kier molecular flexibility index (Phi) is 5.90. The molecule has 0 aromatic rings. The summed E-state index contributed by atoms with van der Waals surface area (Å²) in [6, 6.07) is 1.44. The topological polar surface area (TPSA) is 15.3 Å².